The highest BCUT2D eigenvalue weighted by atomic mass is 32.2. The van der Waals surface area contributed by atoms with Gasteiger partial charge in [0.15, 0.2) is 0 Å². The Hall–Kier alpha value is -2.56. The normalized spacial score (nSPS) is 15.6. The lowest BCUT2D eigenvalue weighted by atomic mass is 10.1. The molecule has 10 heteroatoms. The van der Waals surface area contributed by atoms with Crippen LogP contribution in [-0.4, -0.2) is 53.1 Å². The van der Waals surface area contributed by atoms with E-state index in [1.807, 2.05) is 13.2 Å². The van der Waals surface area contributed by atoms with Gasteiger partial charge in [-0.25, -0.2) is 18.1 Å². The maximum atomic E-state index is 12.8. The zero-order valence-corrected chi connectivity index (χ0v) is 17.5. The van der Waals surface area contributed by atoms with Gasteiger partial charge in [0.1, 0.15) is 10.7 Å². The van der Waals surface area contributed by atoms with Crippen molar-refractivity contribution in [3.05, 3.63) is 53.8 Å². The molecule has 0 bridgehead atoms. The lowest BCUT2D eigenvalue weighted by molar-refractivity contribution is 0.0706. The first-order valence-electron chi connectivity index (χ1n) is 9.23. The van der Waals surface area contributed by atoms with E-state index in [4.69, 9.17) is 0 Å². The van der Waals surface area contributed by atoms with Gasteiger partial charge < -0.3 is 4.90 Å². The van der Waals surface area contributed by atoms with Gasteiger partial charge in [-0.3, -0.25) is 9.48 Å². The number of aromatic nitrogens is 3. The van der Waals surface area contributed by atoms with Gasteiger partial charge in [0.2, 0.25) is 10.0 Å². The van der Waals surface area contributed by atoms with Gasteiger partial charge in [-0.15, -0.1) is 11.3 Å². The average molecular weight is 432 g/mol. The van der Waals surface area contributed by atoms with Crippen LogP contribution in [0.25, 0.3) is 10.6 Å². The molecule has 1 fully saturated rings. The lowest BCUT2D eigenvalue weighted by Crippen LogP contribution is -2.46. The molecule has 1 aliphatic heterocycles. The molecule has 0 saturated carbocycles. The Morgan fingerprint density at radius 3 is 2.59 bits per heavy atom. The highest BCUT2D eigenvalue weighted by Gasteiger charge is 2.28. The fourth-order valence-electron chi connectivity index (χ4n) is 3.29. The smallest absolute Gasteiger partial charge is 0.273 e. The molecule has 3 heterocycles. The number of nitrogens with one attached hydrogen (secondary N) is 1. The van der Waals surface area contributed by atoms with Gasteiger partial charge in [-0.05, 0) is 25.0 Å². The minimum atomic E-state index is -3.55. The Balaban J connectivity index is 1.36. The van der Waals surface area contributed by atoms with Gasteiger partial charge in [0.05, 0.1) is 11.1 Å². The van der Waals surface area contributed by atoms with E-state index in [9.17, 15) is 13.2 Å². The summed E-state index contributed by atoms with van der Waals surface area (Å²) < 4.78 is 29.4. The van der Waals surface area contributed by atoms with E-state index in [0.717, 1.165) is 10.6 Å². The zero-order valence-electron chi connectivity index (χ0n) is 15.9. The minimum absolute atomic E-state index is 0.124. The number of likely N-dealkylation sites (tertiary alicyclic amines) is 1. The average Bonchev–Trinajstić information content (AvgIpc) is 3.37. The first-order valence-corrected chi connectivity index (χ1v) is 11.6. The number of thiazole rings is 1. The minimum Gasteiger partial charge on any atom is -0.337 e. The van der Waals surface area contributed by atoms with E-state index in [1.165, 1.54) is 11.3 Å². The van der Waals surface area contributed by atoms with Crippen molar-refractivity contribution in [3.63, 3.8) is 0 Å². The van der Waals surface area contributed by atoms with Crippen molar-refractivity contribution in [2.24, 2.45) is 7.05 Å². The van der Waals surface area contributed by atoms with Crippen LogP contribution in [-0.2, 0) is 17.1 Å². The molecule has 0 aliphatic carbocycles. The lowest BCUT2D eigenvalue weighted by Gasteiger charge is -2.31. The molecule has 1 saturated heterocycles. The number of sulfonamides is 1. The molecule has 0 atom stereocenters. The Bertz CT molecular complexity index is 1100. The van der Waals surface area contributed by atoms with Gasteiger partial charge in [-0.1, -0.05) is 18.2 Å². The van der Waals surface area contributed by atoms with E-state index in [1.54, 1.807) is 51.5 Å². The Kier molecular flexibility index (Phi) is 5.48. The number of rotatable bonds is 5. The topological polar surface area (TPSA) is 97.2 Å². The van der Waals surface area contributed by atoms with Gasteiger partial charge in [0.25, 0.3) is 5.91 Å². The van der Waals surface area contributed by atoms with Crippen LogP contribution < -0.4 is 4.72 Å². The van der Waals surface area contributed by atoms with E-state index < -0.39 is 10.0 Å². The number of piperidine rings is 1. The summed E-state index contributed by atoms with van der Waals surface area (Å²) in [6, 6.07) is 8.13. The first kappa shape index (κ1) is 19.7. The summed E-state index contributed by atoms with van der Waals surface area (Å²) >= 11 is 1.41. The first-order chi connectivity index (χ1) is 13.9. The van der Waals surface area contributed by atoms with Crippen LogP contribution in [0.15, 0.2) is 53.0 Å². The number of benzene rings is 1. The second-order valence-corrected chi connectivity index (χ2v) is 9.51. The molecule has 3 aromatic rings. The number of hydrogen-bond donors (Lipinski definition) is 1. The zero-order chi connectivity index (χ0) is 20.4. The fraction of sp³-hybridized carbons (Fsp3) is 0.316. The van der Waals surface area contributed by atoms with Crippen molar-refractivity contribution in [2.75, 3.05) is 13.1 Å². The summed E-state index contributed by atoms with van der Waals surface area (Å²) in [5.74, 6) is -0.124. The number of hydrogen-bond acceptors (Lipinski definition) is 6. The Morgan fingerprint density at radius 2 is 1.93 bits per heavy atom. The van der Waals surface area contributed by atoms with Crippen LogP contribution >= 0.6 is 11.3 Å². The monoisotopic (exact) mass is 431 g/mol. The second kappa shape index (κ2) is 8.05. The number of carbonyl (C=O) groups is 1. The van der Waals surface area contributed by atoms with Crippen LogP contribution in [0, 0.1) is 0 Å². The highest BCUT2D eigenvalue weighted by Crippen LogP contribution is 2.24. The molecule has 1 amide bonds. The quantitative estimate of drug-likeness (QED) is 0.667. The predicted molar refractivity (Wildman–Crippen MR) is 110 cm³/mol. The summed E-state index contributed by atoms with van der Waals surface area (Å²) in [7, 11) is -1.71. The summed E-state index contributed by atoms with van der Waals surface area (Å²) in [5, 5.41) is 6.64. The largest absolute Gasteiger partial charge is 0.337 e. The van der Waals surface area contributed by atoms with Crippen molar-refractivity contribution >= 4 is 27.3 Å². The third-order valence-corrected chi connectivity index (χ3v) is 7.26. The molecule has 8 nitrogen and oxygen atoms in total. The maximum Gasteiger partial charge on any atom is 0.273 e. The van der Waals surface area contributed by atoms with E-state index in [0.29, 0.717) is 31.6 Å². The van der Waals surface area contributed by atoms with E-state index >= 15 is 0 Å². The molecular formula is C19H21N5O3S2. The Morgan fingerprint density at radius 1 is 1.21 bits per heavy atom. The van der Waals surface area contributed by atoms with Crippen LogP contribution in [0.4, 0.5) is 0 Å². The number of nitrogens with zero attached hydrogens (tertiary/aromatic N) is 4. The van der Waals surface area contributed by atoms with Gasteiger partial charge in [-0.2, -0.15) is 5.10 Å². The molecule has 1 aliphatic rings. The SMILES string of the molecule is Cn1cc(-c2nc(C(=O)N3CCC(NS(=O)(=O)c4ccccc4)CC3)cs2)cn1. The number of amides is 1. The molecular weight excluding hydrogens is 410 g/mol. The van der Waals surface area contributed by atoms with E-state index in [2.05, 4.69) is 14.8 Å². The third-order valence-electron chi connectivity index (χ3n) is 4.83. The number of carbonyl (C=O) groups excluding carboxylic acids is 1. The van der Waals surface area contributed by atoms with Crippen molar-refractivity contribution in [3.8, 4) is 10.6 Å². The van der Waals surface area contributed by atoms with Crippen molar-refractivity contribution in [1.29, 1.82) is 0 Å². The van der Waals surface area contributed by atoms with Crippen LogP contribution in [0.2, 0.25) is 0 Å². The van der Waals surface area contributed by atoms with Crippen LogP contribution in [0.1, 0.15) is 23.3 Å². The molecule has 4 rings (SSSR count). The summed E-state index contributed by atoms with van der Waals surface area (Å²) in [4.78, 5) is 19.2. The van der Waals surface area contributed by atoms with Gasteiger partial charge >= 0.3 is 0 Å². The maximum absolute atomic E-state index is 12.8. The standard InChI is InChI=1S/C19H21N5O3S2/c1-23-12-14(11-20-23)18-21-17(13-28-18)19(25)24-9-7-15(8-10-24)22-29(26,27)16-5-3-2-4-6-16/h2-6,11-13,15,22H,7-10H2,1H3. The van der Waals surface area contributed by atoms with E-state index in [-0.39, 0.29) is 16.8 Å². The predicted octanol–water partition coefficient (Wildman–Crippen LogP) is 2.13. The second-order valence-electron chi connectivity index (χ2n) is 6.94. The third kappa shape index (κ3) is 4.39. The van der Waals surface area contributed by atoms with Crippen molar-refractivity contribution in [2.45, 2.75) is 23.8 Å². The fourth-order valence-corrected chi connectivity index (χ4v) is 5.38. The summed E-state index contributed by atoms with van der Waals surface area (Å²) in [5.41, 5.74) is 1.29. The Labute approximate surface area is 173 Å². The highest BCUT2D eigenvalue weighted by molar-refractivity contribution is 7.89. The van der Waals surface area contributed by atoms with Crippen molar-refractivity contribution < 1.29 is 13.2 Å². The molecule has 1 N–H and O–H groups in total. The molecule has 2 aromatic heterocycles. The molecule has 0 radical (unpaired) electrons. The van der Waals surface area contributed by atoms with Gasteiger partial charge in [0, 0.05) is 43.3 Å². The molecule has 0 unspecified atom stereocenters. The number of aryl methyl sites for hydroxylation is 1. The molecule has 0 spiro atoms. The van der Waals surface area contributed by atoms with Crippen LogP contribution in [0.5, 0.6) is 0 Å². The molecule has 1 aromatic carbocycles. The summed E-state index contributed by atoms with van der Waals surface area (Å²) in [6.45, 7) is 0.973. The molecule has 29 heavy (non-hydrogen) atoms. The molecule has 152 valence electrons. The van der Waals surface area contributed by atoms with Crippen molar-refractivity contribution in [1.82, 2.24) is 24.4 Å². The summed E-state index contributed by atoms with van der Waals surface area (Å²) in [6.07, 6.45) is 4.71. The van der Waals surface area contributed by atoms with Crippen LogP contribution in [0.3, 0.4) is 0 Å².